The largest absolute Gasteiger partial charge is 0.462 e. The maximum absolute atomic E-state index is 12.6. The Kier molecular flexibility index (Phi) is 10.6. The number of carbonyl (C=O) groups excluding carboxylic acids is 1. The van der Waals surface area contributed by atoms with Gasteiger partial charge in [0.15, 0.2) is 5.54 Å². The van der Waals surface area contributed by atoms with Gasteiger partial charge >= 0.3 is 5.97 Å². The van der Waals surface area contributed by atoms with E-state index < -0.39 is 5.54 Å². The summed E-state index contributed by atoms with van der Waals surface area (Å²) in [6.07, 6.45) is 0. The maximum Gasteiger partial charge on any atom is 0.338 e. The van der Waals surface area contributed by atoms with Crippen molar-refractivity contribution in [3.8, 4) is 22.5 Å². The van der Waals surface area contributed by atoms with Crippen molar-refractivity contribution in [1.29, 1.82) is 0 Å². The molecule has 0 amide bonds. The van der Waals surface area contributed by atoms with Crippen molar-refractivity contribution in [3.05, 3.63) is 228 Å². The first-order chi connectivity index (χ1) is 27.6. The lowest BCUT2D eigenvalue weighted by Gasteiger charge is -2.34. The monoisotopic (exact) mass is 731 g/mol. The molecule has 0 aliphatic rings. The van der Waals surface area contributed by atoms with Gasteiger partial charge in [-0.05, 0) is 69.3 Å². The molecule has 0 fully saturated rings. The molecule has 1 aromatic heterocycles. The van der Waals surface area contributed by atoms with Gasteiger partial charge in [-0.15, -0.1) is 15.0 Å². The molecule has 0 atom stereocenters. The molecule has 7 nitrogen and oxygen atoms in total. The predicted octanol–water partition coefficient (Wildman–Crippen LogP) is 10.2. The van der Waals surface area contributed by atoms with Crippen molar-refractivity contribution in [1.82, 2.24) is 20.2 Å². The Balaban J connectivity index is 1.14. The zero-order valence-corrected chi connectivity index (χ0v) is 31.1. The van der Waals surface area contributed by atoms with Gasteiger partial charge in [0, 0.05) is 24.3 Å². The molecule has 0 N–H and O–H groups in total. The fourth-order valence-electron chi connectivity index (χ4n) is 7.37. The molecule has 0 spiro atoms. The molecular formula is C49H41N5O2. The smallest absolute Gasteiger partial charge is 0.338 e. The van der Waals surface area contributed by atoms with Gasteiger partial charge in [0.25, 0.3) is 0 Å². The van der Waals surface area contributed by atoms with Crippen LogP contribution in [0.5, 0.6) is 0 Å². The summed E-state index contributed by atoms with van der Waals surface area (Å²) in [6.45, 7) is 3.46. The summed E-state index contributed by atoms with van der Waals surface area (Å²) in [5.74, 6) is 0.213. The number of aromatic nitrogens is 4. The van der Waals surface area contributed by atoms with Crippen molar-refractivity contribution in [3.63, 3.8) is 0 Å². The Morgan fingerprint density at radius 1 is 0.589 bits per heavy atom. The molecule has 0 unspecified atom stereocenters. The second kappa shape index (κ2) is 16.5. The normalized spacial score (nSPS) is 11.2. The number of anilines is 1. The summed E-state index contributed by atoms with van der Waals surface area (Å²) in [4.78, 5) is 16.7. The minimum atomic E-state index is -0.868. The van der Waals surface area contributed by atoms with Crippen LogP contribution in [-0.4, -0.2) is 32.8 Å². The molecule has 1 heterocycles. The highest BCUT2D eigenvalue weighted by atomic mass is 16.5. The van der Waals surface area contributed by atoms with E-state index >= 15 is 0 Å². The lowest BCUT2D eigenvalue weighted by atomic mass is 9.77. The first kappa shape index (κ1) is 35.9. The molecule has 0 saturated carbocycles. The predicted molar refractivity (Wildman–Crippen MR) is 222 cm³/mol. The van der Waals surface area contributed by atoms with Gasteiger partial charge in [-0.1, -0.05) is 176 Å². The topological polar surface area (TPSA) is 73.1 Å². The Labute approximate surface area is 327 Å². The lowest BCUT2D eigenvalue weighted by Crippen LogP contribution is -2.39. The summed E-state index contributed by atoms with van der Waals surface area (Å²) < 4.78 is 5.30. The van der Waals surface area contributed by atoms with E-state index in [1.165, 1.54) is 5.56 Å². The highest BCUT2D eigenvalue weighted by Gasteiger charge is 2.41. The number of nitrogens with zero attached hydrogens (tertiary/aromatic N) is 5. The third-order valence-corrected chi connectivity index (χ3v) is 10.0. The molecule has 274 valence electrons. The van der Waals surface area contributed by atoms with Gasteiger partial charge in [0.2, 0.25) is 5.82 Å². The third-order valence-electron chi connectivity index (χ3n) is 10.0. The van der Waals surface area contributed by atoms with E-state index in [-0.39, 0.29) is 5.97 Å². The van der Waals surface area contributed by atoms with Crippen LogP contribution in [0.1, 0.15) is 45.1 Å². The molecule has 56 heavy (non-hydrogen) atoms. The number of tetrazole rings is 1. The molecule has 8 rings (SSSR count). The number of hydrogen-bond acceptors (Lipinski definition) is 6. The van der Waals surface area contributed by atoms with Crippen LogP contribution in [0.3, 0.4) is 0 Å². The minimum absolute atomic E-state index is 0.322. The number of rotatable bonds is 13. The average molecular weight is 732 g/mol. The number of benzene rings is 7. The fourth-order valence-corrected chi connectivity index (χ4v) is 7.37. The lowest BCUT2D eigenvalue weighted by molar-refractivity contribution is 0.0526. The summed E-state index contributed by atoms with van der Waals surface area (Å²) in [7, 11) is 0. The van der Waals surface area contributed by atoms with E-state index in [9.17, 15) is 4.79 Å². The Morgan fingerprint density at radius 3 is 1.68 bits per heavy atom. The molecule has 7 heteroatoms. The first-order valence-corrected chi connectivity index (χ1v) is 18.9. The molecule has 8 aromatic rings. The average Bonchev–Trinajstić information content (AvgIpc) is 3.76. The number of esters is 1. The van der Waals surface area contributed by atoms with E-state index in [1.807, 2.05) is 110 Å². The van der Waals surface area contributed by atoms with Gasteiger partial charge in [-0.2, -0.15) is 0 Å². The summed E-state index contributed by atoms with van der Waals surface area (Å²) in [5.41, 5.74) is 8.93. The van der Waals surface area contributed by atoms with Gasteiger partial charge in [-0.3, -0.25) is 0 Å². The van der Waals surface area contributed by atoms with Crippen LogP contribution in [-0.2, 0) is 23.4 Å². The van der Waals surface area contributed by atoms with Crippen LogP contribution < -0.4 is 4.90 Å². The molecule has 0 bridgehead atoms. The van der Waals surface area contributed by atoms with Crippen molar-refractivity contribution in [2.75, 3.05) is 11.5 Å². The second-order valence-corrected chi connectivity index (χ2v) is 13.6. The molecular weight excluding hydrogens is 691 g/mol. The SMILES string of the molecule is CCOC(=O)c1cccc(N(Cc2ccccc2)Cc2ccc(-c3ccccc3-c3nnn(C(c4ccccc4)(c4ccccc4)c4ccccc4)n3)cc2)c1. The summed E-state index contributed by atoms with van der Waals surface area (Å²) in [5, 5.41) is 14.7. The van der Waals surface area contributed by atoms with Crippen molar-refractivity contribution < 1.29 is 9.53 Å². The molecule has 0 aliphatic heterocycles. The third kappa shape index (κ3) is 7.35. The van der Waals surface area contributed by atoms with Gasteiger partial charge in [-0.25, -0.2) is 4.79 Å². The second-order valence-electron chi connectivity index (χ2n) is 13.6. The standard InChI is InChI=1S/C49H41N5O2/c1-2-56-48(55)40-20-17-27-44(34-40)53(35-37-18-7-3-8-19-37)36-38-30-32-39(33-31-38)45-28-15-16-29-46(45)47-50-52-54(51-47)49(41-21-9-4-10-22-41,42-23-11-5-12-24-42)43-25-13-6-14-26-43/h3-34H,2,35-36H2,1H3. The highest BCUT2D eigenvalue weighted by Crippen LogP contribution is 2.40. The molecule has 0 radical (unpaired) electrons. The number of ether oxygens (including phenoxy) is 1. The molecule has 7 aromatic carbocycles. The van der Waals surface area contributed by atoms with E-state index in [4.69, 9.17) is 20.1 Å². The van der Waals surface area contributed by atoms with Crippen molar-refractivity contribution in [2.45, 2.75) is 25.6 Å². The quantitative estimate of drug-likeness (QED) is 0.0869. The van der Waals surface area contributed by atoms with E-state index in [0.29, 0.717) is 31.1 Å². The van der Waals surface area contributed by atoms with E-state index in [0.717, 1.165) is 44.6 Å². The van der Waals surface area contributed by atoms with Crippen LogP contribution in [0.2, 0.25) is 0 Å². The van der Waals surface area contributed by atoms with E-state index in [2.05, 4.69) is 89.8 Å². The zero-order valence-electron chi connectivity index (χ0n) is 31.1. The molecule has 0 aliphatic carbocycles. The van der Waals surface area contributed by atoms with Gasteiger partial charge in [0.05, 0.1) is 12.2 Å². The Bertz CT molecular complexity index is 2410. The molecule has 0 saturated heterocycles. The van der Waals surface area contributed by atoms with Crippen LogP contribution >= 0.6 is 0 Å². The van der Waals surface area contributed by atoms with E-state index in [1.54, 1.807) is 10.9 Å². The van der Waals surface area contributed by atoms with Crippen LogP contribution in [0, 0.1) is 0 Å². The van der Waals surface area contributed by atoms with Gasteiger partial charge in [0.1, 0.15) is 0 Å². The minimum Gasteiger partial charge on any atom is -0.462 e. The van der Waals surface area contributed by atoms with Gasteiger partial charge < -0.3 is 9.64 Å². The fraction of sp³-hybridized carbons (Fsp3) is 0.102. The van der Waals surface area contributed by atoms with Crippen LogP contribution in [0.15, 0.2) is 194 Å². The Morgan fingerprint density at radius 2 is 1.11 bits per heavy atom. The highest BCUT2D eigenvalue weighted by molar-refractivity contribution is 5.90. The number of hydrogen-bond donors (Lipinski definition) is 0. The number of carbonyl (C=O) groups is 1. The summed E-state index contributed by atoms with van der Waals surface area (Å²) in [6, 6.07) is 66.0. The maximum atomic E-state index is 12.6. The zero-order chi connectivity index (χ0) is 38.2. The van der Waals surface area contributed by atoms with Crippen molar-refractivity contribution >= 4 is 11.7 Å². The first-order valence-electron chi connectivity index (χ1n) is 18.9. The van der Waals surface area contributed by atoms with Crippen LogP contribution in [0.25, 0.3) is 22.5 Å². The summed E-state index contributed by atoms with van der Waals surface area (Å²) >= 11 is 0. The Hall–Kier alpha value is -7.12. The van der Waals surface area contributed by atoms with Crippen LogP contribution in [0.4, 0.5) is 5.69 Å². The van der Waals surface area contributed by atoms with Crippen molar-refractivity contribution in [2.24, 2.45) is 0 Å².